The maximum Gasteiger partial charge on any atom is 0.447 e. The van der Waals surface area contributed by atoms with Gasteiger partial charge in [0.1, 0.15) is 16.5 Å². The molecule has 1 aliphatic rings. The molecular formula is C24H24F4N6O2S. The molecule has 196 valence electrons. The number of pyridine rings is 1. The molecule has 8 nitrogen and oxygen atoms in total. The first-order valence-electron chi connectivity index (χ1n) is 11.2. The average Bonchev–Trinajstić information content (AvgIpc) is 3.19. The van der Waals surface area contributed by atoms with E-state index in [1.807, 2.05) is 0 Å². The second-order valence-electron chi connectivity index (χ2n) is 8.19. The summed E-state index contributed by atoms with van der Waals surface area (Å²) in [4.78, 5) is 16.2. The average molecular weight is 537 g/mol. The molecule has 1 saturated heterocycles. The lowest BCUT2D eigenvalue weighted by Gasteiger charge is -2.35. The number of hydrogen-bond acceptors (Lipinski definition) is 7. The van der Waals surface area contributed by atoms with Gasteiger partial charge in [0.2, 0.25) is 0 Å². The number of halogens is 4. The van der Waals surface area contributed by atoms with Gasteiger partial charge in [0.25, 0.3) is 5.91 Å². The van der Waals surface area contributed by atoms with Crippen molar-refractivity contribution < 1.29 is 27.1 Å². The lowest BCUT2D eigenvalue weighted by molar-refractivity contribution is -0.0330. The third-order valence-electron chi connectivity index (χ3n) is 5.56. The minimum atomic E-state index is -4.56. The molecule has 0 atom stereocenters. The number of imidazole rings is 1. The van der Waals surface area contributed by atoms with Crippen LogP contribution in [-0.4, -0.2) is 66.8 Å². The molecule has 0 aliphatic carbocycles. The van der Waals surface area contributed by atoms with E-state index in [9.17, 15) is 22.4 Å². The van der Waals surface area contributed by atoms with Crippen LogP contribution in [0.5, 0.6) is 5.75 Å². The Hall–Kier alpha value is -3.63. The number of alkyl halides is 4. The topological polar surface area (TPSA) is 91.7 Å². The fourth-order valence-electron chi connectivity index (χ4n) is 3.64. The SMILES string of the molecule is CNC(=O)c1ccc(NCC#Cc2nc3c(NCC4(F)CNC4)cccn3c2SC(F)(F)F)c(OC)c1. The summed E-state index contributed by atoms with van der Waals surface area (Å²) in [6.07, 6.45) is 1.46. The molecule has 0 bridgehead atoms. The number of aromatic nitrogens is 2. The van der Waals surface area contributed by atoms with E-state index >= 15 is 0 Å². The summed E-state index contributed by atoms with van der Waals surface area (Å²) in [5.41, 5.74) is -4.45. The molecule has 4 rings (SSSR count). The van der Waals surface area contributed by atoms with Crippen molar-refractivity contribution in [3.8, 4) is 17.6 Å². The highest BCUT2D eigenvalue weighted by molar-refractivity contribution is 8.00. The van der Waals surface area contributed by atoms with Crippen LogP contribution in [0.15, 0.2) is 41.6 Å². The molecule has 1 aromatic carbocycles. The number of nitrogens with zero attached hydrogens (tertiary/aromatic N) is 2. The number of ether oxygens (including phenoxy) is 1. The Morgan fingerprint density at radius 3 is 2.70 bits per heavy atom. The smallest absolute Gasteiger partial charge is 0.447 e. The van der Waals surface area contributed by atoms with Crippen molar-refractivity contribution in [3.05, 3.63) is 47.8 Å². The predicted octanol–water partition coefficient (Wildman–Crippen LogP) is 3.50. The maximum absolute atomic E-state index is 14.4. The molecule has 13 heteroatoms. The van der Waals surface area contributed by atoms with Gasteiger partial charge in [0.15, 0.2) is 11.3 Å². The fourth-order valence-corrected chi connectivity index (χ4v) is 4.30. The molecule has 37 heavy (non-hydrogen) atoms. The van der Waals surface area contributed by atoms with E-state index in [2.05, 4.69) is 38.1 Å². The molecule has 3 aromatic rings. The Kier molecular flexibility index (Phi) is 7.70. The zero-order valence-corrected chi connectivity index (χ0v) is 20.7. The summed E-state index contributed by atoms with van der Waals surface area (Å²) in [5, 5.41) is 11.2. The van der Waals surface area contributed by atoms with Crippen molar-refractivity contribution in [3.63, 3.8) is 0 Å². The second-order valence-corrected chi connectivity index (χ2v) is 9.24. The lowest BCUT2D eigenvalue weighted by Crippen LogP contribution is -2.59. The van der Waals surface area contributed by atoms with E-state index < -0.39 is 11.2 Å². The molecule has 2 aromatic heterocycles. The largest absolute Gasteiger partial charge is 0.495 e. The van der Waals surface area contributed by atoms with Crippen LogP contribution in [-0.2, 0) is 0 Å². The fraction of sp³-hybridized carbons (Fsp3) is 0.333. The Morgan fingerprint density at radius 2 is 2.05 bits per heavy atom. The molecule has 1 fully saturated rings. The Bertz CT molecular complexity index is 1360. The summed E-state index contributed by atoms with van der Waals surface area (Å²) in [7, 11) is 2.97. The van der Waals surface area contributed by atoms with Crippen molar-refractivity contribution in [1.82, 2.24) is 20.0 Å². The summed E-state index contributed by atoms with van der Waals surface area (Å²) in [6.45, 7) is 0.480. The number of carbonyl (C=O) groups excluding carboxylic acids is 1. The number of amides is 1. The summed E-state index contributed by atoms with van der Waals surface area (Å²) in [6, 6.07) is 8.01. The van der Waals surface area contributed by atoms with Crippen LogP contribution >= 0.6 is 11.8 Å². The first-order chi connectivity index (χ1) is 17.6. The van der Waals surface area contributed by atoms with Gasteiger partial charge in [-0.25, -0.2) is 9.37 Å². The van der Waals surface area contributed by atoms with E-state index in [-0.39, 0.29) is 60.2 Å². The number of fused-ring (bicyclic) bond motifs is 1. The highest BCUT2D eigenvalue weighted by Gasteiger charge is 2.37. The third kappa shape index (κ3) is 6.20. The van der Waals surface area contributed by atoms with Gasteiger partial charge in [-0.1, -0.05) is 5.92 Å². The Morgan fingerprint density at radius 1 is 1.27 bits per heavy atom. The second kappa shape index (κ2) is 10.8. The zero-order valence-electron chi connectivity index (χ0n) is 19.9. The number of benzene rings is 1. The van der Waals surface area contributed by atoms with Crippen LogP contribution < -0.4 is 26.0 Å². The predicted molar refractivity (Wildman–Crippen MR) is 134 cm³/mol. The first kappa shape index (κ1) is 26.4. The number of methoxy groups -OCH3 is 1. The van der Waals surface area contributed by atoms with E-state index in [1.54, 1.807) is 30.3 Å². The van der Waals surface area contributed by atoms with E-state index in [0.29, 0.717) is 22.7 Å². The van der Waals surface area contributed by atoms with Crippen LogP contribution in [0.1, 0.15) is 16.1 Å². The number of anilines is 2. The zero-order chi connectivity index (χ0) is 26.6. The van der Waals surface area contributed by atoms with Gasteiger partial charge in [-0.3, -0.25) is 9.20 Å². The van der Waals surface area contributed by atoms with E-state index in [4.69, 9.17) is 4.74 Å². The minimum absolute atomic E-state index is 0.000247. The highest BCUT2D eigenvalue weighted by atomic mass is 32.2. The molecule has 0 spiro atoms. The van der Waals surface area contributed by atoms with Crippen molar-refractivity contribution in [2.75, 3.05) is 51.0 Å². The number of nitrogens with one attached hydrogen (secondary N) is 4. The van der Waals surface area contributed by atoms with Crippen molar-refractivity contribution in [1.29, 1.82) is 0 Å². The van der Waals surface area contributed by atoms with Gasteiger partial charge in [0, 0.05) is 43.7 Å². The van der Waals surface area contributed by atoms with E-state index in [0.717, 1.165) is 0 Å². The van der Waals surface area contributed by atoms with Crippen LogP contribution in [0.3, 0.4) is 0 Å². The van der Waals surface area contributed by atoms with Gasteiger partial charge < -0.3 is 26.0 Å². The molecule has 1 aliphatic heterocycles. The third-order valence-corrected chi connectivity index (χ3v) is 6.38. The summed E-state index contributed by atoms with van der Waals surface area (Å²) >= 11 is -0.314. The number of thioether (sulfide) groups is 1. The molecule has 4 N–H and O–H groups in total. The Labute approximate surface area is 214 Å². The molecule has 0 saturated carbocycles. The van der Waals surface area contributed by atoms with Gasteiger partial charge in [-0.05, 0) is 36.3 Å². The standard InChI is InChI=1S/C24H24F4N6O2S/c1-29-21(35)15-7-8-16(19(11-15)36-2)31-9-3-5-18-22(37-24(26,27)28)34-10-4-6-17(20(34)33-18)32-14-23(25)12-30-13-23/h4,6-8,10-11,30-32H,9,12-14H2,1-2H3,(H,29,35). The van der Waals surface area contributed by atoms with Crippen molar-refractivity contribution in [2.24, 2.45) is 0 Å². The molecule has 1 amide bonds. The molecule has 0 unspecified atom stereocenters. The van der Waals surface area contributed by atoms with Gasteiger partial charge in [0.05, 0.1) is 31.6 Å². The highest BCUT2D eigenvalue weighted by Crippen LogP contribution is 2.39. The van der Waals surface area contributed by atoms with Crippen molar-refractivity contribution in [2.45, 2.75) is 16.2 Å². The number of hydrogen-bond donors (Lipinski definition) is 4. The van der Waals surface area contributed by atoms with Crippen LogP contribution in [0.2, 0.25) is 0 Å². The van der Waals surface area contributed by atoms with Crippen LogP contribution in [0, 0.1) is 11.8 Å². The Balaban J connectivity index is 1.57. The molecule has 3 heterocycles. The van der Waals surface area contributed by atoms with Gasteiger partial charge in [-0.15, -0.1) is 0 Å². The van der Waals surface area contributed by atoms with Crippen molar-refractivity contribution >= 4 is 34.7 Å². The summed E-state index contributed by atoms with van der Waals surface area (Å²) < 4.78 is 61.0. The number of rotatable bonds is 8. The van der Waals surface area contributed by atoms with Crippen LogP contribution in [0.25, 0.3) is 5.65 Å². The van der Waals surface area contributed by atoms with Gasteiger partial charge in [-0.2, -0.15) is 13.2 Å². The number of carbonyl (C=O) groups is 1. The summed E-state index contributed by atoms with van der Waals surface area (Å²) in [5.74, 6) is 5.64. The quantitative estimate of drug-likeness (QED) is 0.199. The van der Waals surface area contributed by atoms with Crippen LogP contribution in [0.4, 0.5) is 28.9 Å². The first-order valence-corrected chi connectivity index (χ1v) is 12.0. The monoisotopic (exact) mass is 536 g/mol. The lowest BCUT2D eigenvalue weighted by atomic mass is 10.00. The molecular weight excluding hydrogens is 512 g/mol. The molecule has 0 radical (unpaired) electrons. The van der Waals surface area contributed by atoms with E-state index in [1.165, 1.54) is 24.8 Å². The maximum atomic E-state index is 14.4. The van der Waals surface area contributed by atoms with Gasteiger partial charge >= 0.3 is 5.51 Å². The minimum Gasteiger partial charge on any atom is -0.495 e. The normalized spacial score (nSPS) is 14.3.